The molecule has 5 heteroatoms. The highest BCUT2D eigenvalue weighted by molar-refractivity contribution is 5.79. The van der Waals surface area contributed by atoms with Crippen molar-refractivity contribution in [2.75, 3.05) is 51.3 Å². The molecular weight excluding hydrogens is 374 g/mol. The minimum Gasteiger partial charge on any atom is -0.497 e. The first-order valence-corrected chi connectivity index (χ1v) is 11.1. The standard InChI is InChI=1S/C25H33N3O2/c1-20-4-3-5-21(18-20)19-26-12-10-22(11-13-26)25(29)28-16-14-27(15-17-28)23-6-8-24(30-2)9-7-23/h3-9,18,22H,10-17,19H2,1-2H3. The summed E-state index contributed by atoms with van der Waals surface area (Å²) in [6.07, 6.45) is 1.95. The van der Waals surface area contributed by atoms with Gasteiger partial charge in [-0.2, -0.15) is 0 Å². The zero-order valence-corrected chi connectivity index (χ0v) is 18.2. The molecule has 5 nitrogen and oxygen atoms in total. The quantitative estimate of drug-likeness (QED) is 0.759. The van der Waals surface area contributed by atoms with E-state index in [9.17, 15) is 4.79 Å². The SMILES string of the molecule is COc1ccc(N2CCN(C(=O)C3CCN(Cc4cccc(C)c4)CC3)CC2)cc1. The molecule has 2 fully saturated rings. The number of piperazine rings is 1. The summed E-state index contributed by atoms with van der Waals surface area (Å²) in [5.74, 6) is 1.42. The van der Waals surface area contributed by atoms with Crippen LogP contribution in [0.5, 0.6) is 5.75 Å². The van der Waals surface area contributed by atoms with E-state index in [1.54, 1.807) is 7.11 Å². The van der Waals surface area contributed by atoms with E-state index in [4.69, 9.17) is 4.74 Å². The maximum atomic E-state index is 13.1. The highest BCUT2D eigenvalue weighted by Gasteiger charge is 2.30. The van der Waals surface area contributed by atoms with Gasteiger partial charge in [0.1, 0.15) is 5.75 Å². The Hall–Kier alpha value is -2.53. The average Bonchev–Trinajstić information content (AvgIpc) is 2.79. The van der Waals surface area contributed by atoms with Crippen molar-refractivity contribution in [3.05, 3.63) is 59.7 Å². The lowest BCUT2D eigenvalue weighted by Gasteiger charge is -2.39. The first-order valence-electron chi connectivity index (χ1n) is 11.1. The molecule has 0 saturated carbocycles. The summed E-state index contributed by atoms with van der Waals surface area (Å²) in [5, 5.41) is 0. The van der Waals surface area contributed by atoms with Crippen LogP contribution >= 0.6 is 0 Å². The van der Waals surface area contributed by atoms with Gasteiger partial charge in [-0.05, 0) is 62.7 Å². The summed E-state index contributed by atoms with van der Waals surface area (Å²) < 4.78 is 5.24. The van der Waals surface area contributed by atoms with Gasteiger partial charge in [-0.1, -0.05) is 29.8 Å². The first-order chi connectivity index (χ1) is 14.6. The molecule has 1 amide bonds. The third-order valence-electron chi connectivity index (χ3n) is 6.45. The van der Waals surface area contributed by atoms with Gasteiger partial charge in [-0.25, -0.2) is 0 Å². The Kier molecular flexibility index (Phi) is 6.58. The minimum absolute atomic E-state index is 0.186. The number of rotatable bonds is 5. The molecule has 0 N–H and O–H groups in total. The van der Waals surface area contributed by atoms with Gasteiger partial charge >= 0.3 is 0 Å². The Morgan fingerprint density at radius 2 is 1.67 bits per heavy atom. The summed E-state index contributed by atoms with van der Waals surface area (Å²) in [6.45, 7) is 8.57. The number of amides is 1. The van der Waals surface area contributed by atoms with Gasteiger partial charge in [-0.15, -0.1) is 0 Å². The fraction of sp³-hybridized carbons (Fsp3) is 0.480. The second-order valence-corrected chi connectivity index (χ2v) is 8.55. The number of carbonyl (C=O) groups excluding carboxylic acids is 1. The highest BCUT2D eigenvalue weighted by atomic mass is 16.5. The lowest BCUT2D eigenvalue weighted by atomic mass is 9.94. The Bertz CT molecular complexity index is 836. The van der Waals surface area contributed by atoms with E-state index < -0.39 is 0 Å². The van der Waals surface area contributed by atoms with Crippen molar-refractivity contribution in [2.45, 2.75) is 26.3 Å². The first kappa shape index (κ1) is 20.7. The van der Waals surface area contributed by atoms with Crippen LogP contribution in [0.1, 0.15) is 24.0 Å². The molecular formula is C25H33N3O2. The Morgan fingerprint density at radius 1 is 0.967 bits per heavy atom. The molecule has 160 valence electrons. The second kappa shape index (κ2) is 9.52. The maximum absolute atomic E-state index is 13.1. The van der Waals surface area contributed by atoms with Crippen LogP contribution in [0, 0.1) is 12.8 Å². The van der Waals surface area contributed by atoms with Gasteiger partial charge < -0.3 is 14.5 Å². The third-order valence-corrected chi connectivity index (χ3v) is 6.45. The van der Waals surface area contributed by atoms with Crippen LogP contribution in [0.4, 0.5) is 5.69 Å². The molecule has 0 atom stereocenters. The predicted molar refractivity (Wildman–Crippen MR) is 121 cm³/mol. The number of benzene rings is 2. The van der Waals surface area contributed by atoms with Gasteiger partial charge in [0, 0.05) is 44.3 Å². The van der Waals surface area contributed by atoms with Crippen molar-refractivity contribution in [1.29, 1.82) is 0 Å². The van der Waals surface area contributed by atoms with Gasteiger partial charge in [0.05, 0.1) is 7.11 Å². The van der Waals surface area contributed by atoms with Crippen LogP contribution in [-0.4, -0.2) is 62.1 Å². The van der Waals surface area contributed by atoms with Crippen molar-refractivity contribution < 1.29 is 9.53 Å². The lowest BCUT2D eigenvalue weighted by molar-refractivity contribution is -0.137. The van der Waals surface area contributed by atoms with Crippen LogP contribution in [-0.2, 0) is 11.3 Å². The monoisotopic (exact) mass is 407 g/mol. The number of aryl methyl sites for hydroxylation is 1. The van der Waals surface area contributed by atoms with Crippen molar-refractivity contribution in [3.8, 4) is 5.75 Å². The van der Waals surface area contributed by atoms with E-state index in [1.165, 1.54) is 16.8 Å². The van der Waals surface area contributed by atoms with Crippen LogP contribution in [0.2, 0.25) is 0 Å². The number of anilines is 1. The highest BCUT2D eigenvalue weighted by Crippen LogP contribution is 2.24. The molecule has 0 aromatic heterocycles. The van der Waals surface area contributed by atoms with Crippen LogP contribution in [0.3, 0.4) is 0 Å². The van der Waals surface area contributed by atoms with E-state index in [0.29, 0.717) is 5.91 Å². The topological polar surface area (TPSA) is 36.0 Å². The summed E-state index contributed by atoms with van der Waals surface area (Å²) in [4.78, 5) is 20.0. The van der Waals surface area contributed by atoms with E-state index >= 15 is 0 Å². The molecule has 2 aliphatic rings. The fourth-order valence-electron chi connectivity index (χ4n) is 4.64. The molecule has 0 spiro atoms. The summed E-state index contributed by atoms with van der Waals surface area (Å²) in [7, 11) is 1.69. The predicted octanol–water partition coefficient (Wildman–Crippen LogP) is 3.56. The molecule has 4 rings (SSSR count). The smallest absolute Gasteiger partial charge is 0.225 e. The molecule has 2 saturated heterocycles. The number of hydrogen-bond donors (Lipinski definition) is 0. The fourth-order valence-corrected chi connectivity index (χ4v) is 4.64. The van der Waals surface area contributed by atoms with Crippen molar-refractivity contribution in [1.82, 2.24) is 9.80 Å². The van der Waals surface area contributed by atoms with Crippen molar-refractivity contribution in [2.24, 2.45) is 5.92 Å². The number of ether oxygens (including phenoxy) is 1. The lowest BCUT2D eigenvalue weighted by Crippen LogP contribution is -2.51. The number of hydrogen-bond acceptors (Lipinski definition) is 4. The molecule has 0 bridgehead atoms. The zero-order chi connectivity index (χ0) is 20.9. The summed E-state index contributed by atoms with van der Waals surface area (Å²) in [6, 6.07) is 16.9. The van der Waals surface area contributed by atoms with Crippen LogP contribution in [0.25, 0.3) is 0 Å². The second-order valence-electron chi connectivity index (χ2n) is 8.55. The normalized spacial score (nSPS) is 18.5. The zero-order valence-electron chi connectivity index (χ0n) is 18.2. The van der Waals surface area contributed by atoms with Gasteiger partial charge in [0.25, 0.3) is 0 Å². The Labute approximate surface area is 180 Å². The van der Waals surface area contributed by atoms with Gasteiger partial charge in [0.2, 0.25) is 5.91 Å². The van der Waals surface area contributed by atoms with Crippen molar-refractivity contribution >= 4 is 11.6 Å². The Balaban J connectivity index is 1.24. The number of nitrogens with zero attached hydrogens (tertiary/aromatic N) is 3. The minimum atomic E-state index is 0.186. The molecule has 30 heavy (non-hydrogen) atoms. The molecule has 0 unspecified atom stereocenters. The molecule has 2 aromatic rings. The van der Waals surface area contributed by atoms with Crippen LogP contribution < -0.4 is 9.64 Å². The molecule has 2 aromatic carbocycles. The molecule has 0 aliphatic carbocycles. The average molecular weight is 408 g/mol. The molecule has 2 heterocycles. The van der Waals surface area contributed by atoms with Crippen molar-refractivity contribution in [3.63, 3.8) is 0 Å². The number of carbonyl (C=O) groups is 1. The van der Waals surface area contributed by atoms with E-state index in [2.05, 4.69) is 58.0 Å². The summed E-state index contributed by atoms with van der Waals surface area (Å²) in [5.41, 5.74) is 3.88. The van der Waals surface area contributed by atoms with E-state index in [1.807, 2.05) is 12.1 Å². The van der Waals surface area contributed by atoms with E-state index in [-0.39, 0.29) is 5.92 Å². The maximum Gasteiger partial charge on any atom is 0.225 e. The number of likely N-dealkylation sites (tertiary alicyclic amines) is 1. The molecule has 0 radical (unpaired) electrons. The number of methoxy groups -OCH3 is 1. The third kappa shape index (κ3) is 4.96. The van der Waals surface area contributed by atoms with Gasteiger partial charge in [0.15, 0.2) is 0 Å². The van der Waals surface area contributed by atoms with E-state index in [0.717, 1.165) is 64.4 Å². The van der Waals surface area contributed by atoms with Gasteiger partial charge in [-0.3, -0.25) is 9.69 Å². The Morgan fingerprint density at radius 3 is 2.30 bits per heavy atom. The summed E-state index contributed by atoms with van der Waals surface area (Å²) >= 11 is 0. The molecule has 2 aliphatic heterocycles. The largest absolute Gasteiger partial charge is 0.497 e. The van der Waals surface area contributed by atoms with Crippen LogP contribution in [0.15, 0.2) is 48.5 Å². The number of piperidine rings is 1.